The van der Waals surface area contributed by atoms with E-state index in [-0.39, 0.29) is 11.4 Å². The van der Waals surface area contributed by atoms with Crippen LogP contribution in [0.4, 0.5) is 0 Å². The van der Waals surface area contributed by atoms with Crippen molar-refractivity contribution in [3.63, 3.8) is 0 Å². The third kappa shape index (κ3) is 4.06. The Hall–Kier alpha value is -1.35. The Morgan fingerprint density at radius 1 is 1.21 bits per heavy atom. The van der Waals surface area contributed by atoms with Gasteiger partial charge in [-0.05, 0) is 31.2 Å². The zero-order valence-electron chi connectivity index (χ0n) is 11.5. The summed E-state index contributed by atoms with van der Waals surface area (Å²) in [6, 6.07) is 10.3. The van der Waals surface area contributed by atoms with Gasteiger partial charge in [0, 0.05) is 13.0 Å². The van der Waals surface area contributed by atoms with E-state index < -0.39 is 0 Å². The highest BCUT2D eigenvalue weighted by molar-refractivity contribution is 5.76. The molecule has 1 amide bonds. The van der Waals surface area contributed by atoms with Crippen LogP contribution in [0.1, 0.15) is 44.1 Å². The lowest BCUT2D eigenvalue weighted by molar-refractivity contribution is -0.123. The Bertz CT molecular complexity index is 396. The minimum Gasteiger partial charge on any atom is -0.349 e. The molecule has 1 aliphatic carbocycles. The number of nitrogens with two attached hydrogens (primary N) is 1. The second-order valence-electron chi connectivity index (χ2n) is 5.58. The van der Waals surface area contributed by atoms with Gasteiger partial charge in [-0.3, -0.25) is 4.79 Å². The fraction of sp³-hybridized carbons (Fsp3) is 0.562. The van der Waals surface area contributed by atoms with Crippen molar-refractivity contribution in [2.24, 2.45) is 5.73 Å². The molecule has 0 aromatic heterocycles. The van der Waals surface area contributed by atoms with Gasteiger partial charge in [0.05, 0.1) is 5.54 Å². The van der Waals surface area contributed by atoms with Gasteiger partial charge in [-0.15, -0.1) is 0 Å². The summed E-state index contributed by atoms with van der Waals surface area (Å²) < 4.78 is 0. The van der Waals surface area contributed by atoms with Crippen LogP contribution in [0.15, 0.2) is 30.3 Å². The number of hydrogen-bond acceptors (Lipinski definition) is 2. The van der Waals surface area contributed by atoms with E-state index in [1.54, 1.807) is 0 Å². The molecular weight excluding hydrogens is 236 g/mol. The van der Waals surface area contributed by atoms with E-state index >= 15 is 0 Å². The third-order valence-corrected chi connectivity index (χ3v) is 4.07. The van der Waals surface area contributed by atoms with Gasteiger partial charge in [0.2, 0.25) is 5.91 Å². The Morgan fingerprint density at radius 2 is 1.89 bits per heavy atom. The molecule has 0 saturated heterocycles. The molecule has 1 aliphatic rings. The van der Waals surface area contributed by atoms with Gasteiger partial charge in [0.1, 0.15) is 0 Å². The number of carbonyl (C=O) groups excluding carboxylic acids is 1. The summed E-state index contributed by atoms with van der Waals surface area (Å²) in [5.41, 5.74) is 7.01. The van der Waals surface area contributed by atoms with Crippen molar-refractivity contribution in [3.8, 4) is 0 Å². The van der Waals surface area contributed by atoms with Gasteiger partial charge in [0.25, 0.3) is 0 Å². The molecule has 0 aliphatic heterocycles. The number of hydrogen-bond donors (Lipinski definition) is 2. The van der Waals surface area contributed by atoms with Crippen molar-refractivity contribution in [2.75, 3.05) is 6.54 Å². The maximum absolute atomic E-state index is 12.0. The molecule has 0 unspecified atom stereocenters. The van der Waals surface area contributed by atoms with Crippen LogP contribution < -0.4 is 11.1 Å². The highest BCUT2D eigenvalue weighted by Gasteiger charge is 2.33. The molecule has 0 radical (unpaired) electrons. The molecule has 1 fully saturated rings. The molecule has 0 heterocycles. The molecule has 3 heteroatoms. The molecule has 1 saturated carbocycles. The van der Waals surface area contributed by atoms with Crippen LogP contribution in [0.5, 0.6) is 0 Å². The van der Waals surface area contributed by atoms with Gasteiger partial charge < -0.3 is 11.1 Å². The number of nitrogens with one attached hydrogen (secondary N) is 1. The summed E-state index contributed by atoms with van der Waals surface area (Å²) in [7, 11) is 0. The van der Waals surface area contributed by atoms with Crippen molar-refractivity contribution in [1.29, 1.82) is 0 Å². The highest BCUT2D eigenvalue weighted by atomic mass is 16.1. The standard InChI is InChI=1S/C16H24N2O/c17-13-16(11-4-5-12-16)18-15(19)10-6-9-14-7-2-1-3-8-14/h1-3,7-8H,4-6,9-13,17H2,(H,18,19). The lowest BCUT2D eigenvalue weighted by Gasteiger charge is -2.28. The molecule has 104 valence electrons. The first-order valence-electron chi connectivity index (χ1n) is 7.29. The Kier molecular flexibility index (Phi) is 4.97. The largest absolute Gasteiger partial charge is 0.349 e. The van der Waals surface area contributed by atoms with Crippen molar-refractivity contribution in [1.82, 2.24) is 5.32 Å². The second kappa shape index (κ2) is 6.71. The van der Waals surface area contributed by atoms with E-state index in [0.717, 1.165) is 25.7 Å². The molecule has 3 nitrogen and oxygen atoms in total. The third-order valence-electron chi connectivity index (χ3n) is 4.07. The lowest BCUT2D eigenvalue weighted by atomic mass is 9.97. The molecule has 0 atom stereocenters. The monoisotopic (exact) mass is 260 g/mol. The van der Waals surface area contributed by atoms with E-state index in [1.165, 1.54) is 18.4 Å². The number of benzene rings is 1. The van der Waals surface area contributed by atoms with Crippen molar-refractivity contribution in [2.45, 2.75) is 50.5 Å². The zero-order valence-corrected chi connectivity index (χ0v) is 11.5. The molecule has 0 bridgehead atoms. The minimum absolute atomic E-state index is 0.107. The van der Waals surface area contributed by atoms with Gasteiger partial charge in [0.15, 0.2) is 0 Å². The molecule has 1 aromatic rings. The Balaban J connectivity index is 1.73. The first-order valence-corrected chi connectivity index (χ1v) is 7.29. The van der Waals surface area contributed by atoms with Crippen LogP contribution in [-0.4, -0.2) is 18.0 Å². The molecule has 0 spiro atoms. The quantitative estimate of drug-likeness (QED) is 0.825. The fourth-order valence-corrected chi connectivity index (χ4v) is 2.89. The number of rotatable bonds is 6. The molecule has 19 heavy (non-hydrogen) atoms. The maximum Gasteiger partial charge on any atom is 0.220 e. The summed E-state index contributed by atoms with van der Waals surface area (Å²) in [5, 5.41) is 3.16. The first-order chi connectivity index (χ1) is 9.24. The van der Waals surface area contributed by atoms with Gasteiger partial charge in [-0.1, -0.05) is 43.2 Å². The average molecular weight is 260 g/mol. The first kappa shape index (κ1) is 14.1. The van der Waals surface area contributed by atoms with E-state index in [9.17, 15) is 4.79 Å². The molecule has 2 rings (SSSR count). The average Bonchev–Trinajstić information content (AvgIpc) is 2.89. The fourth-order valence-electron chi connectivity index (χ4n) is 2.89. The van der Waals surface area contributed by atoms with Crippen molar-refractivity contribution >= 4 is 5.91 Å². The van der Waals surface area contributed by atoms with Crippen molar-refractivity contribution in [3.05, 3.63) is 35.9 Å². The summed E-state index contributed by atoms with van der Waals surface area (Å²) in [6.07, 6.45) is 6.89. The zero-order chi connectivity index (χ0) is 13.6. The summed E-state index contributed by atoms with van der Waals surface area (Å²) >= 11 is 0. The number of amides is 1. The summed E-state index contributed by atoms with van der Waals surface area (Å²) in [4.78, 5) is 12.0. The van der Waals surface area contributed by atoms with Crippen LogP contribution in [-0.2, 0) is 11.2 Å². The highest BCUT2D eigenvalue weighted by Crippen LogP contribution is 2.28. The minimum atomic E-state index is -0.107. The van der Waals surface area contributed by atoms with Crippen molar-refractivity contribution < 1.29 is 4.79 Å². The van der Waals surface area contributed by atoms with E-state index in [1.807, 2.05) is 18.2 Å². The predicted octanol–water partition coefficient (Wildman–Crippen LogP) is 2.40. The van der Waals surface area contributed by atoms with Gasteiger partial charge in [-0.25, -0.2) is 0 Å². The number of carbonyl (C=O) groups is 1. The lowest BCUT2D eigenvalue weighted by Crippen LogP contribution is -2.51. The van der Waals surface area contributed by atoms with Gasteiger partial charge in [-0.2, -0.15) is 0 Å². The van der Waals surface area contributed by atoms with Crippen LogP contribution in [0.2, 0.25) is 0 Å². The summed E-state index contributed by atoms with van der Waals surface area (Å²) in [6.45, 7) is 0.567. The normalized spacial score (nSPS) is 17.3. The Labute approximate surface area is 115 Å². The van der Waals surface area contributed by atoms with Crippen LogP contribution in [0.25, 0.3) is 0 Å². The van der Waals surface area contributed by atoms with Crippen LogP contribution >= 0.6 is 0 Å². The molecular formula is C16H24N2O. The topological polar surface area (TPSA) is 55.1 Å². The van der Waals surface area contributed by atoms with Crippen LogP contribution in [0, 0.1) is 0 Å². The molecule has 1 aromatic carbocycles. The smallest absolute Gasteiger partial charge is 0.220 e. The SMILES string of the molecule is NCC1(NC(=O)CCCc2ccccc2)CCCC1. The van der Waals surface area contributed by atoms with E-state index in [2.05, 4.69) is 17.4 Å². The van der Waals surface area contributed by atoms with Crippen LogP contribution in [0.3, 0.4) is 0 Å². The summed E-state index contributed by atoms with van der Waals surface area (Å²) in [5.74, 6) is 0.156. The van der Waals surface area contributed by atoms with E-state index in [0.29, 0.717) is 13.0 Å². The second-order valence-corrected chi connectivity index (χ2v) is 5.58. The maximum atomic E-state index is 12.0. The predicted molar refractivity (Wildman–Crippen MR) is 77.8 cm³/mol. The van der Waals surface area contributed by atoms with E-state index in [4.69, 9.17) is 5.73 Å². The Morgan fingerprint density at radius 3 is 2.53 bits per heavy atom. The molecule has 3 N–H and O–H groups in total. The number of aryl methyl sites for hydroxylation is 1. The van der Waals surface area contributed by atoms with Gasteiger partial charge >= 0.3 is 0 Å².